The van der Waals surface area contributed by atoms with Crippen molar-refractivity contribution in [3.05, 3.63) is 70.0 Å². The number of aryl methyl sites for hydroxylation is 1. The zero-order valence-corrected chi connectivity index (χ0v) is 17.9. The Kier molecular flexibility index (Phi) is 6.62. The zero-order chi connectivity index (χ0) is 20.1. The summed E-state index contributed by atoms with van der Waals surface area (Å²) in [6.45, 7) is 7.44. The second-order valence-corrected chi connectivity index (χ2v) is 8.20. The Balaban J connectivity index is 1.69. The Morgan fingerprint density at radius 2 is 1.79 bits per heavy atom. The fourth-order valence-corrected chi connectivity index (χ4v) is 3.16. The van der Waals surface area contributed by atoms with Gasteiger partial charge in [0.05, 0.1) is 0 Å². The number of carbonyl (C=O) groups is 1. The molecule has 0 fully saturated rings. The van der Waals surface area contributed by atoms with Crippen LogP contribution in [0.15, 0.2) is 57.5 Å². The first-order valence-electron chi connectivity index (χ1n) is 9.37. The highest BCUT2D eigenvalue weighted by Crippen LogP contribution is 2.19. The van der Waals surface area contributed by atoms with Gasteiger partial charge in [-0.15, -0.1) is 0 Å². The zero-order valence-electron chi connectivity index (χ0n) is 16.4. The second-order valence-electron chi connectivity index (χ2n) is 7.28. The third kappa shape index (κ3) is 5.29. The molecule has 0 bridgehead atoms. The Morgan fingerprint density at radius 3 is 2.43 bits per heavy atom. The van der Waals surface area contributed by atoms with Gasteiger partial charge in [-0.3, -0.25) is 4.79 Å². The van der Waals surface area contributed by atoms with Gasteiger partial charge in [0.25, 0.3) is 5.91 Å². The van der Waals surface area contributed by atoms with Crippen LogP contribution in [-0.2, 0) is 6.42 Å². The highest BCUT2D eigenvalue weighted by molar-refractivity contribution is 9.10. The van der Waals surface area contributed by atoms with Gasteiger partial charge in [-0.25, -0.2) is 0 Å². The molecule has 0 N–H and O–H groups in total. The van der Waals surface area contributed by atoms with Crippen LogP contribution < -0.4 is 0 Å². The van der Waals surface area contributed by atoms with Crippen molar-refractivity contribution in [2.75, 3.05) is 13.1 Å². The third-order valence-corrected chi connectivity index (χ3v) is 4.87. The van der Waals surface area contributed by atoms with Gasteiger partial charge in [-0.2, -0.15) is 4.98 Å². The topological polar surface area (TPSA) is 59.2 Å². The number of nitrogens with zero attached hydrogens (tertiary/aromatic N) is 3. The smallest absolute Gasteiger partial charge is 0.253 e. The van der Waals surface area contributed by atoms with Gasteiger partial charge in [-0.05, 0) is 49.2 Å². The summed E-state index contributed by atoms with van der Waals surface area (Å²) in [7, 11) is 0. The summed E-state index contributed by atoms with van der Waals surface area (Å²) in [5, 5.41) is 4.06. The highest BCUT2D eigenvalue weighted by Gasteiger charge is 2.18. The van der Waals surface area contributed by atoms with E-state index in [9.17, 15) is 4.79 Å². The fourth-order valence-electron chi connectivity index (χ4n) is 2.90. The number of amides is 1. The molecule has 3 aromatic rings. The molecule has 5 nitrogen and oxygen atoms in total. The van der Waals surface area contributed by atoms with Gasteiger partial charge >= 0.3 is 0 Å². The van der Waals surface area contributed by atoms with E-state index in [0.717, 1.165) is 15.6 Å². The maximum Gasteiger partial charge on any atom is 0.253 e. The average molecular weight is 442 g/mol. The van der Waals surface area contributed by atoms with Gasteiger partial charge in [0.1, 0.15) is 0 Å². The number of carbonyl (C=O) groups excluding carboxylic acids is 1. The number of aromatic nitrogens is 2. The van der Waals surface area contributed by atoms with Crippen molar-refractivity contribution in [3.8, 4) is 11.4 Å². The lowest BCUT2D eigenvalue weighted by Gasteiger charge is -2.24. The van der Waals surface area contributed by atoms with Crippen LogP contribution in [0, 0.1) is 12.8 Å². The van der Waals surface area contributed by atoms with Crippen LogP contribution in [0.25, 0.3) is 11.4 Å². The van der Waals surface area contributed by atoms with Gasteiger partial charge in [-0.1, -0.05) is 52.6 Å². The van der Waals surface area contributed by atoms with Crippen molar-refractivity contribution < 1.29 is 9.32 Å². The molecule has 0 unspecified atom stereocenters. The van der Waals surface area contributed by atoms with Gasteiger partial charge in [0, 0.05) is 35.1 Å². The average Bonchev–Trinajstić information content (AvgIpc) is 3.14. The summed E-state index contributed by atoms with van der Waals surface area (Å²) in [5.41, 5.74) is 2.73. The van der Waals surface area contributed by atoms with Gasteiger partial charge in [0.2, 0.25) is 11.7 Å². The van der Waals surface area contributed by atoms with E-state index in [1.807, 2.05) is 60.4 Å². The molecule has 0 aliphatic heterocycles. The number of benzene rings is 2. The minimum Gasteiger partial charge on any atom is -0.339 e. The van der Waals surface area contributed by atoms with Crippen LogP contribution >= 0.6 is 15.9 Å². The minimum absolute atomic E-state index is 0.0290. The predicted octanol–water partition coefficient (Wildman–Crippen LogP) is 5.15. The molecule has 3 rings (SSSR count). The number of rotatable bonds is 7. The molecule has 0 radical (unpaired) electrons. The molecule has 0 saturated carbocycles. The molecular weight excluding hydrogens is 418 g/mol. The molecule has 1 aromatic heterocycles. The number of hydrogen-bond donors (Lipinski definition) is 0. The molecule has 0 aliphatic rings. The standard InChI is InChI=1S/C22H24BrN3O2/c1-15(2)14-26(22(27)18-6-4-16(3)5-7-18)13-12-20-24-21(25-28-20)17-8-10-19(23)11-9-17/h4-11,15H,12-14H2,1-3H3. The van der Waals surface area contributed by atoms with Crippen molar-refractivity contribution >= 4 is 21.8 Å². The van der Waals surface area contributed by atoms with Gasteiger partial charge < -0.3 is 9.42 Å². The van der Waals surface area contributed by atoms with E-state index >= 15 is 0 Å². The van der Waals surface area contributed by atoms with E-state index in [1.165, 1.54) is 0 Å². The van der Waals surface area contributed by atoms with E-state index < -0.39 is 0 Å². The van der Waals surface area contributed by atoms with E-state index in [1.54, 1.807) is 0 Å². The first kappa shape index (κ1) is 20.3. The van der Waals surface area contributed by atoms with E-state index in [4.69, 9.17) is 4.52 Å². The minimum atomic E-state index is 0.0290. The van der Waals surface area contributed by atoms with Crippen LogP contribution in [0.1, 0.15) is 35.7 Å². The molecule has 0 aliphatic carbocycles. The molecule has 146 valence electrons. The maximum absolute atomic E-state index is 12.9. The molecule has 0 spiro atoms. The van der Waals surface area contributed by atoms with Crippen LogP contribution in [0.2, 0.25) is 0 Å². The molecule has 6 heteroatoms. The van der Waals surface area contributed by atoms with Crippen LogP contribution in [0.4, 0.5) is 0 Å². The molecule has 1 heterocycles. The first-order valence-corrected chi connectivity index (χ1v) is 10.2. The number of halogens is 1. The molecule has 2 aromatic carbocycles. The normalized spacial score (nSPS) is 11.0. The van der Waals surface area contributed by atoms with E-state index in [2.05, 4.69) is 39.9 Å². The Labute approximate surface area is 173 Å². The fraction of sp³-hybridized carbons (Fsp3) is 0.318. The summed E-state index contributed by atoms with van der Waals surface area (Å²) >= 11 is 3.42. The van der Waals surface area contributed by atoms with Crippen molar-refractivity contribution in [3.63, 3.8) is 0 Å². The largest absolute Gasteiger partial charge is 0.339 e. The Hall–Kier alpha value is -2.47. The summed E-state index contributed by atoms with van der Waals surface area (Å²) in [6.07, 6.45) is 0.522. The quantitative estimate of drug-likeness (QED) is 0.508. The van der Waals surface area contributed by atoms with Crippen molar-refractivity contribution in [1.29, 1.82) is 0 Å². The highest BCUT2D eigenvalue weighted by atomic mass is 79.9. The molecular formula is C22H24BrN3O2. The van der Waals surface area contributed by atoms with Crippen LogP contribution in [0.5, 0.6) is 0 Å². The molecule has 0 saturated heterocycles. The van der Waals surface area contributed by atoms with E-state index in [0.29, 0.717) is 42.7 Å². The third-order valence-electron chi connectivity index (χ3n) is 4.34. The molecule has 0 atom stereocenters. The first-order chi connectivity index (χ1) is 13.4. The van der Waals surface area contributed by atoms with Crippen molar-refractivity contribution in [2.24, 2.45) is 5.92 Å². The lowest BCUT2D eigenvalue weighted by molar-refractivity contribution is 0.0734. The maximum atomic E-state index is 12.9. The van der Waals surface area contributed by atoms with Crippen molar-refractivity contribution in [1.82, 2.24) is 15.0 Å². The summed E-state index contributed by atoms with van der Waals surface area (Å²) < 4.78 is 6.39. The van der Waals surface area contributed by atoms with Crippen molar-refractivity contribution in [2.45, 2.75) is 27.2 Å². The van der Waals surface area contributed by atoms with Gasteiger partial charge in [0.15, 0.2) is 0 Å². The summed E-state index contributed by atoms with van der Waals surface area (Å²) in [4.78, 5) is 19.3. The summed E-state index contributed by atoms with van der Waals surface area (Å²) in [5.74, 6) is 1.49. The Bertz CT molecular complexity index is 918. The molecule has 1 amide bonds. The second kappa shape index (κ2) is 9.15. The SMILES string of the molecule is Cc1ccc(C(=O)N(CCc2nc(-c3ccc(Br)cc3)no2)CC(C)C)cc1. The lowest BCUT2D eigenvalue weighted by atomic mass is 10.1. The summed E-state index contributed by atoms with van der Waals surface area (Å²) in [6, 6.07) is 15.4. The van der Waals surface area contributed by atoms with Crippen LogP contribution in [0.3, 0.4) is 0 Å². The molecule has 28 heavy (non-hydrogen) atoms. The Morgan fingerprint density at radius 1 is 1.11 bits per heavy atom. The monoisotopic (exact) mass is 441 g/mol. The predicted molar refractivity (Wildman–Crippen MR) is 113 cm³/mol. The number of hydrogen-bond acceptors (Lipinski definition) is 4. The lowest BCUT2D eigenvalue weighted by Crippen LogP contribution is -2.36. The van der Waals surface area contributed by atoms with Crippen LogP contribution in [-0.4, -0.2) is 34.0 Å². The van der Waals surface area contributed by atoms with E-state index in [-0.39, 0.29) is 5.91 Å².